The van der Waals surface area contributed by atoms with E-state index in [1.165, 1.54) is 11.1 Å². The average molecular weight is 230 g/mol. The first-order valence-electron chi connectivity index (χ1n) is 6.33. The third kappa shape index (κ3) is 1.84. The Hall–Kier alpha value is -1.35. The summed E-state index contributed by atoms with van der Waals surface area (Å²) in [5.41, 5.74) is 4.46. The van der Waals surface area contributed by atoms with E-state index in [1.807, 2.05) is 0 Å². The second kappa shape index (κ2) is 4.15. The Morgan fingerprint density at radius 2 is 2.00 bits per heavy atom. The zero-order valence-corrected chi connectivity index (χ0v) is 10.4. The molecule has 0 amide bonds. The van der Waals surface area contributed by atoms with Gasteiger partial charge in [0.15, 0.2) is 11.5 Å². The minimum atomic E-state index is 0.489. The van der Waals surface area contributed by atoms with Crippen molar-refractivity contribution in [1.29, 1.82) is 0 Å². The van der Waals surface area contributed by atoms with Crippen LogP contribution in [-0.4, -0.2) is 18.1 Å². The lowest BCUT2D eigenvalue weighted by atomic mass is 9.98. The molecule has 0 aliphatic carbocycles. The Morgan fingerprint density at radius 3 is 2.76 bits per heavy atom. The number of rotatable bonds is 1. The van der Waals surface area contributed by atoms with E-state index >= 15 is 0 Å². The molecule has 3 nitrogen and oxygen atoms in total. The maximum atomic E-state index is 5.98. The van der Waals surface area contributed by atoms with E-state index in [0.717, 1.165) is 42.9 Å². The van der Waals surface area contributed by atoms with Crippen LogP contribution in [0.5, 0.6) is 0 Å². The van der Waals surface area contributed by atoms with Crippen molar-refractivity contribution >= 4 is 11.1 Å². The topological polar surface area (TPSA) is 38.1 Å². The zero-order chi connectivity index (χ0) is 11.8. The summed E-state index contributed by atoms with van der Waals surface area (Å²) in [6.07, 6.45) is 2.26. The lowest BCUT2D eigenvalue weighted by molar-refractivity contribution is 0.385. The molecule has 0 atom stereocenters. The number of hydrogen-bond acceptors (Lipinski definition) is 3. The van der Waals surface area contributed by atoms with Crippen molar-refractivity contribution in [2.45, 2.75) is 32.6 Å². The molecule has 0 unspecified atom stereocenters. The molecule has 17 heavy (non-hydrogen) atoms. The number of fused-ring (bicyclic) bond motifs is 1. The first-order valence-corrected chi connectivity index (χ1v) is 6.33. The molecule has 90 valence electrons. The van der Waals surface area contributed by atoms with Gasteiger partial charge in [0.1, 0.15) is 5.52 Å². The zero-order valence-electron chi connectivity index (χ0n) is 10.4. The van der Waals surface area contributed by atoms with Crippen LogP contribution in [0.25, 0.3) is 11.1 Å². The summed E-state index contributed by atoms with van der Waals surface area (Å²) in [7, 11) is 0. The van der Waals surface area contributed by atoms with Gasteiger partial charge in [-0.15, -0.1) is 0 Å². The van der Waals surface area contributed by atoms with Crippen molar-refractivity contribution in [2.24, 2.45) is 0 Å². The fraction of sp³-hybridized carbons (Fsp3) is 0.500. The number of nitrogens with zero attached hydrogens (tertiary/aromatic N) is 1. The highest BCUT2D eigenvalue weighted by atomic mass is 16.3. The molecule has 2 heterocycles. The molecule has 1 aromatic heterocycles. The van der Waals surface area contributed by atoms with E-state index in [1.54, 1.807) is 0 Å². The van der Waals surface area contributed by atoms with E-state index in [4.69, 9.17) is 4.42 Å². The molecule has 3 rings (SSSR count). The Kier molecular flexibility index (Phi) is 2.63. The highest BCUT2D eigenvalue weighted by molar-refractivity contribution is 5.77. The Balaban J connectivity index is 2.04. The van der Waals surface area contributed by atoms with E-state index < -0.39 is 0 Å². The molecular formula is C14H18N2O. The van der Waals surface area contributed by atoms with Gasteiger partial charge >= 0.3 is 0 Å². The lowest BCUT2D eigenvalue weighted by Gasteiger charge is -2.19. The molecular weight excluding hydrogens is 212 g/mol. The fourth-order valence-corrected chi connectivity index (χ4v) is 2.48. The average Bonchev–Trinajstić information content (AvgIpc) is 2.80. The van der Waals surface area contributed by atoms with Gasteiger partial charge in [-0.25, -0.2) is 4.98 Å². The van der Waals surface area contributed by atoms with Crippen LogP contribution in [0, 0.1) is 13.8 Å². The Bertz CT molecular complexity index is 538. The monoisotopic (exact) mass is 230 g/mol. The first-order chi connectivity index (χ1) is 8.25. The summed E-state index contributed by atoms with van der Waals surface area (Å²) in [5.74, 6) is 1.42. The smallest absolute Gasteiger partial charge is 0.198 e. The van der Waals surface area contributed by atoms with Crippen LogP contribution in [0.3, 0.4) is 0 Å². The van der Waals surface area contributed by atoms with Crippen LogP contribution < -0.4 is 5.32 Å². The molecule has 0 bridgehead atoms. The molecule has 1 saturated heterocycles. The maximum Gasteiger partial charge on any atom is 0.198 e. The van der Waals surface area contributed by atoms with Gasteiger partial charge in [0.05, 0.1) is 0 Å². The Morgan fingerprint density at radius 1 is 1.24 bits per heavy atom. The predicted molar refractivity (Wildman–Crippen MR) is 68.3 cm³/mol. The van der Waals surface area contributed by atoms with Crippen LogP contribution in [-0.2, 0) is 0 Å². The summed E-state index contributed by atoms with van der Waals surface area (Å²) in [6, 6.07) is 4.18. The number of hydrogen-bond donors (Lipinski definition) is 1. The minimum absolute atomic E-state index is 0.489. The van der Waals surface area contributed by atoms with Crippen molar-refractivity contribution in [3.63, 3.8) is 0 Å². The first kappa shape index (κ1) is 10.8. The number of benzene rings is 1. The largest absolute Gasteiger partial charge is 0.440 e. The van der Waals surface area contributed by atoms with Gasteiger partial charge in [0, 0.05) is 5.92 Å². The second-order valence-corrected chi connectivity index (χ2v) is 4.93. The number of oxazole rings is 1. The van der Waals surface area contributed by atoms with Gasteiger partial charge < -0.3 is 9.73 Å². The molecule has 1 aliphatic rings. The van der Waals surface area contributed by atoms with Gasteiger partial charge in [-0.1, -0.05) is 6.07 Å². The summed E-state index contributed by atoms with van der Waals surface area (Å²) in [6.45, 7) is 6.36. The lowest BCUT2D eigenvalue weighted by Crippen LogP contribution is -2.26. The van der Waals surface area contributed by atoms with E-state index in [2.05, 4.69) is 36.3 Å². The summed E-state index contributed by atoms with van der Waals surface area (Å²) in [5, 5.41) is 3.37. The number of aryl methyl sites for hydroxylation is 2. The molecule has 1 aliphatic heterocycles. The number of aromatic nitrogens is 1. The van der Waals surface area contributed by atoms with Crippen molar-refractivity contribution in [2.75, 3.05) is 13.1 Å². The molecule has 0 radical (unpaired) electrons. The molecule has 0 spiro atoms. The number of nitrogens with one attached hydrogen (secondary N) is 1. The van der Waals surface area contributed by atoms with Gasteiger partial charge in [-0.05, 0) is 57.0 Å². The van der Waals surface area contributed by atoms with Crippen molar-refractivity contribution < 1.29 is 4.42 Å². The van der Waals surface area contributed by atoms with Crippen molar-refractivity contribution in [3.05, 3.63) is 29.2 Å². The second-order valence-electron chi connectivity index (χ2n) is 4.93. The Labute approximate surface area is 101 Å². The SMILES string of the molecule is Cc1ccc2nc(C3CCNCC3)oc2c1C. The van der Waals surface area contributed by atoms with E-state index in [-0.39, 0.29) is 0 Å². The van der Waals surface area contributed by atoms with Crippen LogP contribution >= 0.6 is 0 Å². The molecule has 1 aromatic carbocycles. The summed E-state index contributed by atoms with van der Waals surface area (Å²) < 4.78 is 5.98. The third-order valence-electron chi connectivity index (χ3n) is 3.78. The summed E-state index contributed by atoms with van der Waals surface area (Å²) >= 11 is 0. The fourth-order valence-electron chi connectivity index (χ4n) is 2.48. The maximum absolute atomic E-state index is 5.98. The number of piperidine rings is 1. The highest BCUT2D eigenvalue weighted by Crippen LogP contribution is 2.29. The quantitative estimate of drug-likeness (QED) is 0.818. The van der Waals surface area contributed by atoms with Crippen LogP contribution in [0.15, 0.2) is 16.5 Å². The van der Waals surface area contributed by atoms with Crippen molar-refractivity contribution in [3.8, 4) is 0 Å². The molecule has 3 heteroatoms. The van der Waals surface area contributed by atoms with Gasteiger partial charge in [0.2, 0.25) is 0 Å². The summed E-state index contributed by atoms with van der Waals surface area (Å²) in [4.78, 5) is 4.64. The molecule has 2 aromatic rings. The third-order valence-corrected chi connectivity index (χ3v) is 3.78. The van der Waals surface area contributed by atoms with Crippen LogP contribution in [0.2, 0.25) is 0 Å². The molecule has 0 saturated carbocycles. The highest BCUT2D eigenvalue weighted by Gasteiger charge is 2.21. The molecule has 1 fully saturated rings. The van der Waals surface area contributed by atoms with E-state index in [0.29, 0.717) is 5.92 Å². The van der Waals surface area contributed by atoms with Gasteiger partial charge in [0.25, 0.3) is 0 Å². The van der Waals surface area contributed by atoms with Crippen molar-refractivity contribution in [1.82, 2.24) is 10.3 Å². The normalized spacial score (nSPS) is 17.8. The van der Waals surface area contributed by atoms with Gasteiger partial charge in [-0.3, -0.25) is 0 Å². The minimum Gasteiger partial charge on any atom is -0.440 e. The predicted octanol–water partition coefficient (Wildman–Crippen LogP) is 2.91. The standard InChI is InChI=1S/C14H18N2O/c1-9-3-4-12-13(10(9)2)17-14(16-12)11-5-7-15-8-6-11/h3-4,11,15H,5-8H2,1-2H3. The van der Waals surface area contributed by atoms with Crippen LogP contribution in [0.1, 0.15) is 35.8 Å². The molecule has 1 N–H and O–H groups in total. The van der Waals surface area contributed by atoms with E-state index in [9.17, 15) is 0 Å². The van der Waals surface area contributed by atoms with Crippen LogP contribution in [0.4, 0.5) is 0 Å². The van der Waals surface area contributed by atoms with Gasteiger partial charge in [-0.2, -0.15) is 0 Å².